The fourth-order valence-electron chi connectivity index (χ4n) is 2.99. The van der Waals surface area contributed by atoms with Gasteiger partial charge in [-0.3, -0.25) is 9.59 Å². The molecule has 1 aromatic rings. The predicted octanol–water partition coefficient (Wildman–Crippen LogP) is 1.76. The molecule has 104 valence electrons. The summed E-state index contributed by atoms with van der Waals surface area (Å²) in [6, 6.07) is 5.11. The highest BCUT2D eigenvalue weighted by molar-refractivity contribution is 6.39. The molecular weight excluding hydrogens is 260 g/mol. The Labute approximate surface area is 115 Å². The number of rotatable bonds is 2. The van der Waals surface area contributed by atoms with Crippen LogP contribution >= 0.6 is 0 Å². The van der Waals surface area contributed by atoms with E-state index >= 15 is 0 Å². The molecule has 1 unspecified atom stereocenters. The average molecular weight is 274 g/mol. The first-order chi connectivity index (χ1) is 9.44. The van der Waals surface area contributed by atoms with Crippen LogP contribution in [0, 0.1) is 12.8 Å². The number of hydrogen-bond acceptors (Lipinski definition) is 4. The molecule has 0 bridgehead atoms. The highest BCUT2D eigenvalue weighted by Crippen LogP contribution is 2.48. The molecule has 1 heterocycles. The highest BCUT2D eigenvalue weighted by atomic mass is 16.5. The van der Waals surface area contributed by atoms with Crippen LogP contribution in [-0.4, -0.2) is 28.2 Å². The van der Waals surface area contributed by atoms with Crippen LogP contribution in [0.5, 0.6) is 5.75 Å². The second-order valence-corrected chi connectivity index (χ2v) is 5.49. The minimum atomic E-state index is -1.58. The Morgan fingerprint density at radius 1 is 1.35 bits per heavy atom. The van der Waals surface area contributed by atoms with Gasteiger partial charge in [-0.15, -0.1) is 0 Å². The van der Waals surface area contributed by atoms with Gasteiger partial charge < -0.3 is 9.84 Å². The predicted molar refractivity (Wildman–Crippen MR) is 68.9 cm³/mol. The number of ether oxygens (including phenoxy) is 1. The van der Waals surface area contributed by atoms with Crippen molar-refractivity contribution in [1.82, 2.24) is 0 Å². The maximum atomic E-state index is 12.5. The van der Waals surface area contributed by atoms with Crippen molar-refractivity contribution in [1.29, 1.82) is 0 Å². The van der Waals surface area contributed by atoms with Crippen LogP contribution in [-0.2, 0) is 9.59 Å². The van der Waals surface area contributed by atoms with Gasteiger partial charge in [-0.1, -0.05) is 6.07 Å². The summed E-state index contributed by atoms with van der Waals surface area (Å²) >= 11 is 0. The van der Waals surface area contributed by atoms with E-state index in [2.05, 4.69) is 0 Å². The Morgan fingerprint density at radius 3 is 2.60 bits per heavy atom. The normalized spacial score (nSPS) is 22.6. The molecule has 20 heavy (non-hydrogen) atoms. The van der Waals surface area contributed by atoms with E-state index in [1.54, 1.807) is 18.2 Å². The lowest BCUT2D eigenvalue weighted by Crippen LogP contribution is -2.59. The number of fused-ring (bicyclic) bond motifs is 1. The Bertz CT molecular complexity index is 627. The van der Waals surface area contributed by atoms with Crippen molar-refractivity contribution in [2.45, 2.75) is 31.8 Å². The first-order valence-corrected chi connectivity index (χ1v) is 6.56. The van der Waals surface area contributed by atoms with Crippen molar-refractivity contribution in [3.05, 3.63) is 29.3 Å². The number of Topliss-reactive ketones (excluding diaryl/α,β-unsaturated/α-hetero) is 2. The molecule has 1 saturated carbocycles. The minimum absolute atomic E-state index is 0.299. The number of aryl methyl sites for hydroxylation is 1. The van der Waals surface area contributed by atoms with Gasteiger partial charge >= 0.3 is 5.97 Å². The topological polar surface area (TPSA) is 80.7 Å². The summed E-state index contributed by atoms with van der Waals surface area (Å²) in [4.78, 5) is 35.4. The van der Waals surface area contributed by atoms with Gasteiger partial charge in [-0.05, 0) is 43.9 Å². The highest BCUT2D eigenvalue weighted by Gasteiger charge is 2.57. The van der Waals surface area contributed by atoms with Crippen molar-refractivity contribution >= 4 is 17.5 Å². The summed E-state index contributed by atoms with van der Waals surface area (Å²) < 4.78 is 5.89. The maximum Gasteiger partial charge on any atom is 0.373 e. The maximum absolute atomic E-state index is 12.5. The second kappa shape index (κ2) is 4.16. The summed E-state index contributed by atoms with van der Waals surface area (Å²) in [5, 5.41) is 8.94. The van der Waals surface area contributed by atoms with Gasteiger partial charge in [0.1, 0.15) is 17.3 Å². The third-order valence-corrected chi connectivity index (χ3v) is 4.18. The van der Waals surface area contributed by atoms with Crippen LogP contribution in [0.25, 0.3) is 0 Å². The fourth-order valence-corrected chi connectivity index (χ4v) is 2.99. The standard InChI is InChI=1S/C15H14O5/c1-8-3-4-9-10(7-8)20-15(5-2-6-15)11(12(9)16)13(17)14(18)19/h3-4,7,11H,2,5-6H2,1H3,(H,18,19). The van der Waals surface area contributed by atoms with E-state index in [4.69, 9.17) is 9.84 Å². The number of carboxylic acids is 1. The van der Waals surface area contributed by atoms with Crippen molar-refractivity contribution in [3.63, 3.8) is 0 Å². The number of ketones is 2. The van der Waals surface area contributed by atoms with Crippen molar-refractivity contribution < 1.29 is 24.2 Å². The molecule has 1 aliphatic heterocycles. The lowest BCUT2D eigenvalue weighted by Gasteiger charge is -2.48. The molecular formula is C15H14O5. The van der Waals surface area contributed by atoms with Gasteiger partial charge in [0.05, 0.1) is 5.56 Å². The van der Waals surface area contributed by atoms with Crippen molar-refractivity contribution in [2.24, 2.45) is 5.92 Å². The molecule has 0 saturated heterocycles. The third kappa shape index (κ3) is 1.66. The zero-order valence-corrected chi connectivity index (χ0v) is 11.0. The monoisotopic (exact) mass is 274 g/mol. The summed E-state index contributed by atoms with van der Waals surface area (Å²) in [6.45, 7) is 1.88. The van der Waals surface area contributed by atoms with Crippen LogP contribution in [0.2, 0.25) is 0 Å². The Kier molecular flexibility index (Phi) is 2.67. The number of benzene rings is 1. The summed E-state index contributed by atoms with van der Waals surface area (Å²) in [5.41, 5.74) is 0.301. The van der Waals surface area contributed by atoms with Gasteiger partial charge in [-0.25, -0.2) is 4.79 Å². The molecule has 1 spiro atoms. The Balaban J connectivity index is 2.11. The van der Waals surface area contributed by atoms with E-state index in [0.717, 1.165) is 12.0 Å². The zero-order valence-electron chi connectivity index (χ0n) is 11.0. The minimum Gasteiger partial charge on any atom is -0.485 e. The Morgan fingerprint density at radius 2 is 2.05 bits per heavy atom. The summed E-state index contributed by atoms with van der Waals surface area (Å²) in [5.74, 6) is -3.83. The molecule has 5 nitrogen and oxygen atoms in total. The number of hydrogen-bond donors (Lipinski definition) is 1. The van der Waals surface area contributed by atoms with Gasteiger partial charge in [0.2, 0.25) is 0 Å². The quantitative estimate of drug-likeness (QED) is 0.656. The van der Waals surface area contributed by atoms with Crippen LogP contribution < -0.4 is 4.74 Å². The largest absolute Gasteiger partial charge is 0.485 e. The van der Waals surface area contributed by atoms with Crippen molar-refractivity contribution in [3.8, 4) is 5.75 Å². The lowest BCUT2D eigenvalue weighted by molar-refractivity contribution is -0.156. The fraction of sp³-hybridized carbons (Fsp3) is 0.400. The molecule has 5 heteroatoms. The average Bonchev–Trinajstić information content (AvgIpc) is 2.35. The molecule has 1 aliphatic carbocycles. The smallest absolute Gasteiger partial charge is 0.373 e. The molecule has 1 atom stereocenters. The first-order valence-electron chi connectivity index (χ1n) is 6.56. The van der Waals surface area contributed by atoms with E-state index in [0.29, 0.717) is 24.2 Å². The zero-order chi connectivity index (χ0) is 14.5. The molecule has 0 aromatic heterocycles. The molecule has 1 N–H and O–H groups in total. The molecule has 3 rings (SSSR count). The lowest BCUT2D eigenvalue weighted by atomic mass is 9.65. The molecule has 2 aliphatic rings. The van der Waals surface area contributed by atoms with E-state index in [9.17, 15) is 14.4 Å². The van der Waals surface area contributed by atoms with Crippen LogP contribution in [0.3, 0.4) is 0 Å². The van der Waals surface area contributed by atoms with E-state index in [1.807, 2.05) is 6.92 Å². The van der Waals surface area contributed by atoms with Gasteiger partial charge in [0.15, 0.2) is 5.78 Å². The first kappa shape index (κ1) is 12.8. The number of carbonyl (C=O) groups is 3. The van der Waals surface area contributed by atoms with Crippen LogP contribution in [0.1, 0.15) is 35.2 Å². The third-order valence-electron chi connectivity index (χ3n) is 4.18. The van der Waals surface area contributed by atoms with Crippen LogP contribution in [0.4, 0.5) is 0 Å². The van der Waals surface area contributed by atoms with E-state index in [-0.39, 0.29) is 0 Å². The van der Waals surface area contributed by atoms with Crippen molar-refractivity contribution in [2.75, 3.05) is 0 Å². The number of carboxylic acid groups (broad SMARTS) is 1. The van der Waals surface area contributed by atoms with E-state index in [1.165, 1.54) is 0 Å². The molecule has 0 amide bonds. The van der Waals surface area contributed by atoms with Gasteiger partial charge in [0, 0.05) is 0 Å². The number of aliphatic carboxylic acids is 1. The summed E-state index contributed by atoms with van der Waals surface area (Å²) in [7, 11) is 0. The van der Waals surface area contributed by atoms with E-state index < -0.39 is 29.1 Å². The van der Waals surface area contributed by atoms with Crippen LogP contribution in [0.15, 0.2) is 18.2 Å². The van der Waals surface area contributed by atoms with Gasteiger partial charge in [-0.2, -0.15) is 0 Å². The number of carbonyl (C=O) groups excluding carboxylic acids is 2. The summed E-state index contributed by atoms with van der Waals surface area (Å²) in [6.07, 6.45) is 1.91. The van der Waals surface area contributed by atoms with Gasteiger partial charge in [0.25, 0.3) is 5.78 Å². The second-order valence-electron chi connectivity index (χ2n) is 5.49. The molecule has 1 aromatic carbocycles. The molecule has 1 fully saturated rings. The SMILES string of the molecule is Cc1ccc2c(c1)OC1(CCC1)C(C(=O)C(=O)O)C2=O. The molecule has 0 radical (unpaired) electrons. The Hall–Kier alpha value is -2.17.